The number of nitrogens with one attached hydrogen (secondary N) is 1. The molecule has 122 valence electrons. The van der Waals surface area contributed by atoms with Gasteiger partial charge in [-0.2, -0.15) is 0 Å². The highest BCUT2D eigenvalue weighted by molar-refractivity contribution is 7.10. The van der Waals surface area contributed by atoms with E-state index in [1.54, 1.807) is 17.5 Å². The summed E-state index contributed by atoms with van der Waals surface area (Å²) in [5.41, 5.74) is 6.39. The molecule has 0 aliphatic carbocycles. The molecule has 1 amide bonds. The van der Waals surface area contributed by atoms with Crippen LogP contribution in [0.4, 0.5) is 4.39 Å². The zero-order valence-electron chi connectivity index (χ0n) is 13.1. The van der Waals surface area contributed by atoms with E-state index in [9.17, 15) is 9.18 Å². The highest BCUT2D eigenvalue weighted by Crippen LogP contribution is 2.39. The Morgan fingerprint density at radius 2 is 2.26 bits per heavy atom. The van der Waals surface area contributed by atoms with Gasteiger partial charge in [0.25, 0.3) is 0 Å². The molecule has 1 aliphatic rings. The van der Waals surface area contributed by atoms with Gasteiger partial charge in [-0.05, 0) is 26.0 Å². The molecule has 0 saturated heterocycles. The molecule has 0 fully saturated rings. The highest BCUT2D eigenvalue weighted by Gasteiger charge is 2.33. The molecule has 0 radical (unpaired) electrons. The Hall–Kier alpha value is -1.92. The van der Waals surface area contributed by atoms with Crippen LogP contribution in [0.15, 0.2) is 29.6 Å². The Morgan fingerprint density at radius 3 is 2.96 bits per heavy atom. The lowest BCUT2D eigenvalue weighted by atomic mass is 9.89. The minimum atomic E-state index is -0.416. The van der Waals surface area contributed by atoms with Crippen molar-refractivity contribution in [1.82, 2.24) is 5.32 Å². The standard InChI is InChI=1S/C17H19FN2O2S/c1-17(2)7-14(13-4-3-11(18)6-15(13)22-17)20-8-12-5-10(9-23-12)16(19)21/h3-6,9,14,20H,7-8H2,1-2H3,(H2,19,21). The Labute approximate surface area is 138 Å². The summed E-state index contributed by atoms with van der Waals surface area (Å²) >= 11 is 1.50. The summed E-state index contributed by atoms with van der Waals surface area (Å²) in [5, 5.41) is 5.24. The molecule has 4 nitrogen and oxygen atoms in total. The zero-order valence-corrected chi connectivity index (χ0v) is 13.9. The van der Waals surface area contributed by atoms with Gasteiger partial charge in [0.1, 0.15) is 17.2 Å². The number of carbonyl (C=O) groups excluding carboxylic acids is 1. The van der Waals surface area contributed by atoms with Gasteiger partial charge in [-0.15, -0.1) is 11.3 Å². The summed E-state index contributed by atoms with van der Waals surface area (Å²) in [7, 11) is 0. The van der Waals surface area contributed by atoms with Crippen molar-refractivity contribution in [3.63, 3.8) is 0 Å². The smallest absolute Gasteiger partial charge is 0.249 e. The molecular weight excluding hydrogens is 315 g/mol. The van der Waals surface area contributed by atoms with Gasteiger partial charge in [0.15, 0.2) is 0 Å². The third-order valence-corrected chi connectivity index (χ3v) is 4.83. The number of ether oxygens (including phenoxy) is 1. The van der Waals surface area contributed by atoms with Crippen molar-refractivity contribution in [2.24, 2.45) is 5.73 Å². The van der Waals surface area contributed by atoms with Gasteiger partial charge in [-0.3, -0.25) is 4.79 Å². The quantitative estimate of drug-likeness (QED) is 0.901. The Bertz CT molecular complexity index is 742. The van der Waals surface area contributed by atoms with Crippen molar-refractivity contribution < 1.29 is 13.9 Å². The second-order valence-electron chi connectivity index (χ2n) is 6.35. The number of halogens is 1. The van der Waals surface area contributed by atoms with E-state index in [4.69, 9.17) is 10.5 Å². The molecule has 23 heavy (non-hydrogen) atoms. The number of hydrogen-bond donors (Lipinski definition) is 2. The molecule has 1 aromatic carbocycles. The summed E-state index contributed by atoms with van der Waals surface area (Å²) in [4.78, 5) is 12.2. The molecule has 2 heterocycles. The number of hydrogen-bond acceptors (Lipinski definition) is 4. The lowest BCUT2D eigenvalue weighted by molar-refractivity contribution is 0.0653. The van der Waals surface area contributed by atoms with E-state index in [0.29, 0.717) is 17.9 Å². The molecule has 1 atom stereocenters. The fraction of sp³-hybridized carbons (Fsp3) is 0.353. The van der Waals surface area contributed by atoms with E-state index in [1.165, 1.54) is 23.5 Å². The van der Waals surface area contributed by atoms with E-state index in [1.807, 2.05) is 13.8 Å². The second-order valence-corrected chi connectivity index (χ2v) is 7.34. The topological polar surface area (TPSA) is 64.3 Å². The monoisotopic (exact) mass is 334 g/mol. The minimum absolute atomic E-state index is 0.0634. The second kappa shape index (κ2) is 5.94. The first kappa shape index (κ1) is 16.0. The molecule has 1 unspecified atom stereocenters. The van der Waals surface area contributed by atoms with Crippen LogP contribution in [0.3, 0.4) is 0 Å². The molecule has 0 saturated carbocycles. The van der Waals surface area contributed by atoms with E-state index in [0.717, 1.165) is 16.9 Å². The summed E-state index contributed by atoms with van der Waals surface area (Å²) in [6.45, 7) is 4.60. The van der Waals surface area contributed by atoms with Crippen molar-refractivity contribution in [2.75, 3.05) is 0 Å². The highest BCUT2D eigenvalue weighted by atomic mass is 32.1. The maximum Gasteiger partial charge on any atom is 0.249 e. The fourth-order valence-electron chi connectivity index (χ4n) is 2.83. The van der Waals surface area contributed by atoms with E-state index in [2.05, 4.69) is 5.32 Å². The van der Waals surface area contributed by atoms with Crippen LogP contribution in [0, 0.1) is 5.82 Å². The lowest BCUT2D eigenvalue weighted by Crippen LogP contribution is -2.39. The molecule has 6 heteroatoms. The zero-order chi connectivity index (χ0) is 16.6. The first-order valence-corrected chi connectivity index (χ1v) is 8.31. The molecule has 3 N–H and O–H groups in total. The number of amides is 1. The van der Waals surface area contributed by atoms with Crippen molar-refractivity contribution in [2.45, 2.75) is 38.5 Å². The van der Waals surface area contributed by atoms with E-state index < -0.39 is 5.91 Å². The third kappa shape index (κ3) is 3.54. The molecule has 1 aliphatic heterocycles. The van der Waals surface area contributed by atoms with Crippen LogP contribution in [0.1, 0.15) is 47.1 Å². The average molecular weight is 334 g/mol. The van der Waals surface area contributed by atoms with Crippen LogP contribution in [0.25, 0.3) is 0 Å². The van der Waals surface area contributed by atoms with Gasteiger partial charge in [0.05, 0.1) is 5.56 Å². The van der Waals surface area contributed by atoms with Crippen molar-refractivity contribution in [1.29, 1.82) is 0 Å². The van der Waals surface area contributed by atoms with Crippen LogP contribution >= 0.6 is 11.3 Å². The van der Waals surface area contributed by atoms with Crippen LogP contribution in [0.5, 0.6) is 5.75 Å². The Kier molecular flexibility index (Phi) is 4.12. The maximum atomic E-state index is 13.5. The minimum Gasteiger partial charge on any atom is -0.487 e. The predicted octanol–water partition coefficient (Wildman–Crippen LogP) is 3.38. The van der Waals surface area contributed by atoms with Crippen molar-refractivity contribution in [3.8, 4) is 5.75 Å². The normalized spacial score (nSPS) is 19.0. The van der Waals surface area contributed by atoms with Crippen molar-refractivity contribution in [3.05, 3.63) is 51.5 Å². The molecule has 0 bridgehead atoms. The number of nitrogens with two attached hydrogens (primary N) is 1. The molecular formula is C17H19FN2O2S. The number of primary amides is 1. The molecule has 2 aromatic rings. The van der Waals surface area contributed by atoms with Gasteiger partial charge in [-0.1, -0.05) is 6.07 Å². The number of rotatable bonds is 4. The van der Waals surface area contributed by atoms with Crippen LogP contribution in [-0.2, 0) is 6.54 Å². The van der Waals surface area contributed by atoms with Crippen LogP contribution < -0.4 is 15.8 Å². The first-order valence-electron chi connectivity index (χ1n) is 7.43. The maximum absolute atomic E-state index is 13.5. The van der Waals surface area contributed by atoms with E-state index >= 15 is 0 Å². The summed E-state index contributed by atoms with van der Waals surface area (Å²) < 4.78 is 19.3. The van der Waals surface area contributed by atoms with Gasteiger partial charge in [0.2, 0.25) is 5.91 Å². The van der Waals surface area contributed by atoms with Gasteiger partial charge >= 0.3 is 0 Å². The first-order chi connectivity index (χ1) is 10.8. The molecule has 1 aromatic heterocycles. The van der Waals surface area contributed by atoms with Crippen LogP contribution in [0.2, 0.25) is 0 Å². The number of carbonyl (C=O) groups is 1. The summed E-state index contributed by atoms with van der Waals surface area (Å²) in [5.74, 6) is -0.132. The number of fused-ring (bicyclic) bond motifs is 1. The summed E-state index contributed by atoms with van der Waals surface area (Å²) in [6.07, 6.45) is 0.777. The number of thiophene rings is 1. The van der Waals surface area contributed by atoms with E-state index in [-0.39, 0.29) is 17.5 Å². The molecule has 3 rings (SSSR count). The predicted molar refractivity (Wildman–Crippen MR) is 88.1 cm³/mol. The Balaban J connectivity index is 1.78. The van der Waals surface area contributed by atoms with Gasteiger partial charge in [-0.25, -0.2) is 4.39 Å². The van der Waals surface area contributed by atoms with Crippen LogP contribution in [-0.4, -0.2) is 11.5 Å². The molecule has 0 spiro atoms. The van der Waals surface area contributed by atoms with Crippen molar-refractivity contribution >= 4 is 17.2 Å². The fourth-order valence-corrected chi connectivity index (χ4v) is 3.66. The largest absolute Gasteiger partial charge is 0.487 e. The van der Waals surface area contributed by atoms with Gasteiger partial charge < -0.3 is 15.8 Å². The SMILES string of the molecule is CC1(C)CC(NCc2cc(C(N)=O)cs2)c2ccc(F)cc2O1. The average Bonchev–Trinajstić information content (AvgIpc) is 2.92. The third-order valence-electron chi connectivity index (χ3n) is 3.89. The Morgan fingerprint density at radius 1 is 1.48 bits per heavy atom. The lowest BCUT2D eigenvalue weighted by Gasteiger charge is -2.38. The summed E-state index contributed by atoms with van der Waals surface area (Å²) in [6, 6.07) is 6.51. The van der Waals surface area contributed by atoms with Gasteiger partial charge in [0, 0.05) is 40.9 Å². The number of benzene rings is 1.